The van der Waals surface area contributed by atoms with Crippen molar-refractivity contribution >= 4 is 17.4 Å². The molecule has 0 bridgehead atoms. The van der Waals surface area contributed by atoms with Crippen molar-refractivity contribution in [1.29, 1.82) is 0 Å². The number of quaternary nitrogens is 1. The van der Waals surface area contributed by atoms with Gasteiger partial charge in [0.25, 0.3) is 0 Å². The molecule has 1 aliphatic heterocycles. The fraction of sp³-hybridized carbons (Fsp3) is 0.345. The molecule has 0 fully saturated rings. The van der Waals surface area contributed by atoms with E-state index in [0.717, 1.165) is 24.3 Å². The van der Waals surface area contributed by atoms with Crippen molar-refractivity contribution in [2.24, 2.45) is 0 Å². The molecule has 0 aromatic heterocycles. The smallest absolute Gasteiger partial charge is 0.216 e. The van der Waals surface area contributed by atoms with Crippen LogP contribution >= 0.6 is 11.6 Å². The summed E-state index contributed by atoms with van der Waals surface area (Å²) in [6.07, 6.45) is 1.55. The van der Waals surface area contributed by atoms with E-state index in [1.165, 1.54) is 11.1 Å². The Hall–Kier alpha value is -3.22. The lowest BCUT2D eigenvalue weighted by molar-refractivity contribution is -0.933. The Morgan fingerprint density at radius 3 is 2.11 bits per heavy atom. The van der Waals surface area contributed by atoms with Gasteiger partial charge in [0, 0.05) is 29.0 Å². The highest BCUT2D eigenvalue weighted by atomic mass is 35.5. The van der Waals surface area contributed by atoms with Gasteiger partial charge >= 0.3 is 0 Å². The van der Waals surface area contributed by atoms with E-state index in [1.807, 2.05) is 12.1 Å². The van der Waals surface area contributed by atoms with Crippen LogP contribution in [0.2, 0.25) is 5.02 Å². The highest BCUT2D eigenvalue weighted by Crippen LogP contribution is 2.43. The van der Waals surface area contributed by atoms with Crippen LogP contribution in [0.25, 0.3) is 0 Å². The minimum absolute atomic E-state index is 0.0166. The first-order valence-electron chi connectivity index (χ1n) is 11.9. The number of nitrogens with zero attached hydrogens (tertiary/aromatic N) is 1. The number of halogens is 1. The molecule has 6 nitrogen and oxygen atoms in total. The molecule has 7 heteroatoms. The summed E-state index contributed by atoms with van der Waals surface area (Å²) in [5.41, 5.74) is 4.15. The number of carbonyl (C=O) groups is 1. The van der Waals surface area contributed by atoms with Crippen LogP contribution in [-0.2, 0) is 12.8 Å². The van der Waals surface area contributed by atoms with Gasteiger partial charge in [0.1, 0.15) is 12.6 Å². The lowest BCUT2D eigenvalue weighted by Crippen LogP contribution is -2.54. The molecule has 190 valence electrons. The average Bonchev–Trinajstić information content (AvgIpc) is 2.89. The maximum Gasteiger partial charge on any atom is 0.216 e. The number of carbonyl (C=O) groups excluding carboxylic acids is 1. The monoisotopic (exact) mass is 510 g/mol. The van der Waals surface area contributed by atoms with E-state index in [0.29, 0.717) is 45.3 Å². The molecule has 0 aliphatic carbocycles. The number of likely N-dealkylation sites (N-methyl/N-ethyl adjacent to an activating group) is 1. The largest absolute Gasteiger partial charge is 0.493 e. The standard InChI is InChI=1S/C29H33ClNO5/c1-31(18-25(32)20-7-9-22(30)10-8-20)13-12-21-16-28(35-4)29(36-5)17-23(21)24(31)14-19-6-11-26(33-2)27(15-19)34-3/h6-11,15-17,24H,12-14,18H2,1-5H3/q+1/t24-,31-/m1/s1. The molecule has 0 amide bonds. The molecular formula is C29H33ClNO5+. The number of hydrogen-bond donors (Lipinski definition) is 0. The predicted molar refractivity (Wildman–Crippen MR) is 141 cm³/mol. The summed E-state index contributed by atoms with van der Waals surface area (Å²) in [6.45, 7) is 1.19. The Morgan fingerprint density at radius 2 is 1.47 bits per heavy atom. The minimum Gasteiger partial charge on any atom is -0.493 e. The number of methoxy groups -OCH3 is 4. The van der Waals surface area contributed by atoms with Gasteiger partial charge in [0.05, 0.1) is 42.0 Å². The summed E-state index contributed by atoms with van der Waals surface area (Å²) < 4.78 is 22.8. The fourth-order valence-electron chi connectivity index (χ4n) is 5.14. The Bertz CT molecular complexity index is 1240. The van der Waals surface area contributed by atoms with Gasteiger partial charge in [-0.05, 0) is 59.7 Å². The van der Waals surface area contributed by atoms with Gasteiger partial charge in [0.15, 0.2) is 23.0 Å². The molecule has 4 rings (SSSR count). The SMILES string of the molecule is COc1ccc(C[C@@H]2c3cc(OC)c(OC)cc3CC[N@+]2(C)CC(=O)c2ccc(Cl)cc2)cc1OC. The summed E-state index contributed by atoms with van der Waals surface area (Å²) in [5.74, 6) is 2.87. The Kier molecular flexibility index (Phi) is 7.76. The lowest BCUT2D eigenvalue weighted by Gasteiger charge is -2.45. The van der Waals surface area contributed by atoms with E-state index in [4.69, 9.17) is 30.5 Å². The second-order valence-corrected chi connectivity index (χ2v) is 9.79. The van der Waals surface area contributed by atoms with Crippen molar-refractivity contribution in [2.75, 3.05) is 48.6 Å². The quantitative estimate of drug-likeness (QED) is 0.279. The van der Waals surface area contributed by atoms with Crippen LogP contribution < -0.4 is 18.9 Å². The predicted octanol–water partition coefficient (Wildman–Crippen LogP) is 5.54. The number of Topliss-reactive ketones (excluding diaryl/α,β-unsaturated/α-hetero) is 1. The van der Waals surface area contributed by atoms with Gasteiger partial charge in [-0.1, -0.05) is 17.7 Å². The Morgan fingerprint density at radius 1 is 0.861 bits per heavy atom. The topological polar surface area (TPSA) is 54.0 Å². The first-order valence-corrected chi connectivity index (χ1v) is 12.3. The van der Waals surface area contributed by atoms with E-state index in [1.54, 1.807) is 52.7 Å². The van der Waals surface area contributed by atoms with Crippen LogP contribution in [0.1, 0.15) is 33.1 Å². The minimum atomic E-state index is 0.0166. The Balaban J connectivity index is 1.76. The van der Waals surface area contributed by atoms with Gasteiger partial charge in [0.2, 0.25) is 5.78 Å². The van der Waals surface area contributed by atoms with Crippen molar-refractivity contribution in [2.45, 2.75) is 18.9 Å². The zero-order valence-corrected chi connectivity index (χ0v) is 22.2. The van der Waals surface area contributed by atoms with Crippen molar-refractivity contribution in [3.05, 3.63) is 81.9 Å². The molecule has 0 saturated heterocycles. The summed E-state index contributed by atoms with van der Waals surface area (Å²) >= 11 is 6.05. The molecule has 3 aromatic carbocycles. The number of ketones is 1. The highest BCUT2D eigenvalue weighted by Gasteiger charge is 2.41. The van der Waals surface area contributed by atoms with Gasteiger partial charge < -0.3 is 23.4 Å². The third kappa shape index (κ3) is 5.15. The van der Waals surface area contributed by atoms with Crippen molar-refractivity contribution in [3.8, 4) is 23.0 Å². The first-order chi connectivity index (χ1) is 17.3. The second-order valence-electron chi connectivity index (χ2n) is 9.36. The maximum absolute atomic E-state index is 13.4. The van der Waals surface area contributed by atoms with Crippen LogP contribution in [0.5, 0.6) is 23.0 Å². The maximum atomic E-state index is 13.4. The van der Waals surface area contributed by atoms with Crippen LogP contribution in [0.3, 0.4) is 0 Å². The summed E-state index contributed by atoms with van der Waals surface area (Å²) in [5, 5.41) is 0.617. The van der Waals surface area contributed by atoms with Crippen LogP contribution in [0.4, 0.5) is 0 Å². The molecule has 2 atom stereocenters. The molecule has 0 unspecified atom stereocenters. The van der Waals surface area contributed by atoms with Gasteiger partial charge in [-0.15, -0.1) is 0 Å². The summed E-state index contributed by atoms with van der Waals surface area (Å²) in [4.78, 5) is 13.4. The summed E-state index contributed by atoms with van der Waals surface area (Å²) in [7, 11) is 8.73. The lowest BCUT2D eigenvalue weighted by atomic mass is 9.85. The molecule has 0 saturated carbocycles. The van der Waals surface area contributed by atoms with Gasteiger partial charge in [-0.2, -0.15) is 0 Å². The Labute approximate surface area is 217 Å². The summed E-state index contributed by atoms with van der Waals surface area (Å²) in [6, 6.07) is 17.3. The van der Waals surface area contributed by atoms with E-state index < -0.39 is 0 Å². The number of benzene rings is 3. The van der Waals surface area contributed by atoms with E-state index in [9.17, 15) is 4.79 Å². The zero-order valence-electron chi connectivity index (χ0n) is 21.5. The molecule has 0 N–H and O–H groups in total. The number of hydrogen-bond acceptors (Lipinski definition) is 5. The van der Waals surface area contributed by atoms with Gasteiger partial charge in [-0.3, -0.25) is 4.79 Å². The molecule has 3 aromatic rings. The zero-order chi connectivity index (χ0) is 25.9. The number of ether oxygens (including phenoxy) is 4. The van der Waals surface area contributed by atoms with E-state index in [2.05, 4.69) is 25.2 Å². The van der Waals surface area contributed by atoms with Crippen LogP contribution in [-0.4, -0.2) is 58.8 Å². The normalized spacial score (nSPS) is 18.8. The molecule has 36 heavy (non-hydrogen) atoms. The number of fused-ring (bicyclic) bond motifs is 1. The molecule has 1 heterocycles. The second kappa shape index (κ2) is 10.8. The fourth-order valence-corrected chi connectivity index (χ4v) is 5.26. The first kappa shape index (κ1) is 25.9. The van der Waals surface area contributed by atoms with Crippen molar-refractivity contribution in [1.82, 2.24) is 0 Å². The number of rotatable bonds is 9. The van der Waals surface area contributed by atoms with Crippen molar-refractivity contribution < 1.29 is 28.2 Å². The van der Waals surface area contributed by atoms with Crippen molar-refractivity contribution in [3.63, 3.8) is 0 Å². The highest BCUT2D eigenvalue weighted by molar-refractivity contribution is 6.30. The third-order valence-electron chi connectivity index (χ3n) is 7.20. The molecular weight excluding hydrogens is 478 g/mol. The molecule has 0 radical (unpaired) electrons. The van der Waals surface area contributed by atoms with Crippen LogP contribution in [0, 0.1) is 0 Å². The van der Waals surface area contributed by atoms with Gasteiger partial charge in [-0.25, -0.2) is 0 Å². The molecule has 0 spiro atoms. The third-order valence-corrected chi connectivity index (χ3v) is 7.45. The average molecular weight is 511 g/mol. The van der Waals surface area contributed by atoms with E-state index in [-0.39, 0.29) is 11.8 Å². The molecule has 1 aliphatic rings. The van der Waals surface area contributed by atoms with Crippen LogP contribution in [0.15, 0.2) is 54.6 Å². The van der Waals surface area contributed by atoms with E-state index >= 15 is 0 Å².